The second-order valence-corrected chi connectivity index (χ2v) is 5.53. The summed E-state index contributed by atoms with van der Waals surface area (Å²) in [5.74, 6) is 0. The molecule has 0 saturated carbocycles. The monoisotopic (exact) mass is 272 g/mol. The molecule has 2 fully saturated rings. The molecule has 0 aliphatic carbocycles. The van der Waals surface area contributed by atoms with Gasteiger partial charge in [0.2, 0.25) is 0 Å². The Morgan fingerprint density at radius 3 is 2.47 bits per heavy atom. The summed E-state index contributed by atoms with van der Waals surface area (Å²) >= 11 is 0. The molecule has 0 amide bonds. The van der Waals surface area contributed by atoms with Crippen LogP contribution in [-0.2, 0) is 4.74 Å². The lowest BCUT2D eigenvalue weighted by atomic mass is 9.99. The van der Waals surface area contributed by atoms with Crippen LogP contribution in [0.15, 0.2) is 0 Å². The fourth-order valence-electron chi connectivity index (χ4n) is 2.95. The molecule has 4 atom stereocenters. The third kappa shape index (κ3) is 4.09. The normalized spacial score (nSPS) is 34.1. The van der Waals surface area contributed by atoms with Gasteiger partial charge in [-0.05, 0) is 19.9 Å². The molecule has 19 heavy (non-hydrogen) atoms. The average Bonchev–Trinajstić information content (AvgIpc) is 2.39. The number of ether oxygens (including phenoxy) is 1. The third-order valence-corrected chi connectivity index (χ3v) is 4.02. The van der Waals surface area contributed by atoms with Gasteiger partial charge < -0.3 is 21.5 Å². The van der Waals surface area contributed by atoms with Crippen molar-refractivity contribution in [3.8, 4) is 0 Å². The fourth-order valence-corrected chi connectivity index (χ4v) is 2.95. The molecule has 2 rings (SSSR count). The highest BCUT2D eigenvalue weighted by atomic mass is 16.5. The number of nitrogens with one attached hydrogen (secondary N) is 1. The predicted molar refractivity (Wildman–Crippen MR) is 75.1 cm³/mol. The first-order valence-corrected chi connectivity index (χ1v) is 7.19. The zero-order valence-corrected chi connectivity index (χ0v) is 11.8. The van der Waals surface area contributed by atoms with Crippen molar-refractivity contribution in [1.82, 2.24) is 15.1 Å². The molecule has 2 aliphatic rings. The molecule has 7 nitrogen and oxygen atoms in total. The van der Waals surface area contributed by atoms with E-state index in [1.54, 1.807) is 6.92 Å². The van der Waals surface area contributed by atoms with Gasteiger partial charge in [0.25, 0.3) is 0 Å². The zero-order valence-electron chi connectivity index (χ0n) is 11.8. The molecule has 7 heteroatoms. The Morgan fingerprint density at radius 2 is 1.89 bits per heavy atom. The molecule has 0 radical (unpaired) electrons. The molecule has 0 bridgehead atoms. The highest BCUT2D eigenvalue weighted by Crippen LogP contribution is 2.14. The van der Waals surface area contributed by atoms with Crippen molar-refractivity contribution in [2.75, 3.05) is 39.3 Å². The average molecular weight is 272 g/mol. The van der Waals surface area contributed by atoms with Gasteiger partial charge in [0.15, 0.2) is 6.35 Å². The summed E-state index contributed by atoms with van der Waals surface area (Å²) in [7, 11) is 0. The Bertz CT molecular complexity index is 269. The minimum absolute atomic E-state index is 0.231. The maximum atomic E-state index is 6.19. The molecule has 112 valence electrons. The number of nitrogens with two attached hydrogens (primary N) is 3. The van der Waals surface area contributed by atoms with Gasteiger partial charge in [0.05, 0.1) is 0 Å². The topological polar surface area (TPSA) is 106 Å². The summed E-state index contributed by atoms with van der Waals surface area (Å²) < 4.78 is 5.42. The highest BCUT2D eigenvalue weighted by molar-refractivity contribution is 4.90. The van der Waals surface area contributed by atoms with Gasteiger partial charge in [-0.2, -0.15) is 0 Å². The van der Waals surface area contributed by atoms with Gasteiger partial charge in [0.1, 0.15) is 6.23 Å². The first kappa shape index (κ1) is 15.1. The molecule has 0 aromatic rings. The summed E-state index contributed by atoms with van der Waals surface area (Å²) in [5, 5.41) is 3.34. The van der Waals surface area contributed by atoms with E-state index < -0.39 is 6.35 Å². The van der Waals surface area contributed by atoms with E-state index in [-0.39, 0.29) is 12.3 Å². The predicted octanol–water partition coefficient (Wildman–Crippen LogP) is -2.14. The molecule has 2 aliphatic heterocycles. The maximum absolute atomic E-state index is 6.19. The smallest absolute Gasteiger partial charge is 0.165 e. The number of nitrogens with zero attached hydrogens (tertiary/aromatic N) is 2. The maximum Gasteiger partial charge on any atom is 0.165 e. The molecule has 0 aromatic heterocycles. The summed E-state index contributed by atoms with van der Waals surface area (Å²) in [6.45, 7) is 7.58. The van der Waals surface area contributed by atoms with Crippen molar-refractivity contribution < 1.29 is 4.74 Å². The van der Waals surface area contributed by atoms with Crippen LogP contribution in [0.4, 0.5) is 0 Å². The lowest BCUT2D eigenvalue weighted by Crippen LogP contribution is -2.62. The van der Waals surface area contributed by atoms with Gasteiger partial charge >= 0.3 is 0 Å². The summed E-state index contributed by atoms with van der Waals surface area (Å²) in [6, 6.07) is 0.725. The largest absolute Gasteiger partial charge is 0.332 e. The van der Waals surface area contributed by atoms with Crippen LogP contribution >= 0.6 is 0 Å². The van der Waals surface area contributed by atoms with Crippen molar-refractivity contribution in [2.24, 2.45) is 17.2 Å². The molecule has 0 aromatic carbocycles. The quantitative estimate of drug-likeness (QED) is 0.433. The Kier molecular flexibility index (Phi) is 5.52. The van der Waals surface area contributed by atoms with Crippen LogP contribution in [0.5, 0.6) is 0 Å². The van der Waals surface area contributed by atoms with Gasteiger partial charge in [0, 0.05) is 44.8 Å². The van der Waals surface area contributed by atoms with Crippen LogP contribution < -0.4 is 22.5 Å². The molecular formula is C12H28N6O. The van der Waals surface area contributed by atoms with E-state index in [1.807, 2.05) is 0 Å². The molecule has 0 spiro atoms. The van der Waals surface area contributed by atoms with E-state index >= 15 is 0 Å². The van der Waals surface area contributed by atoms with Crippen molar-refractivity contribution in [1.29, 1.82) is 0 Å². The summed E-state index contributed by atoms with van der Waals surface area (Å²) in [6.07, 6.45) is 0.401. The van der Waals surface area contributed by atoms with Gasteiger partial charge in [-0.25, -0.2) is 0 Å². The van der Waals surface area contributed by atoms with Crippen molar-refractivity contribution in [3.05, 3.63) is 0 Å². The van der Waals surface area contributed by atoms with Gasteiger partial charge in [-0.1, -0.05) is 0 Å². The third-order valence-electron chi connectivity index (χ3n) is 4.02. The number of hydrogen-bond acceptors (Lipinski definition) is 7. The number of piperazine rings is 1. The lowest BCUT2D eigenvalue weighted by molar-refractivity contribution is -0.104. The zero-order chi connectivity index (χ0) is 13.8. The van der Waals surface area contributed by atoms with Crippen LogP contribution in [0, 0.1) is 0 Å². The Hall–Kier alpha value is -0.280. The molecular weight excluding hydrogens is 244 g/mol. The van der Waals surface area contributed by atoms with E-state index in [9.17, 15) is 0 Å². The Labute approximate surface area is 115 Å². The first-order chi connectivity index (χ1) is 9.08. The van der Waals surface area contributed by atoms with Crippen molar-refractivity contribution >= 4 is 0 Å². The van der Waals surface area contributed by atoms with E-state index in [0.29, 0.717) is 6.04 Å². The highest BCUT2D eigenvalue weighted by Gasteiger charge is 2.31. The van der Waals surface area contributed by atoms with E-state index in [4.69, 9.17) is 21.9 Å². The second-order valence-electron chi connectivity index (χ2n) is 5.53. The fraction of sp³-hybridized carbons (Fsp3) is 1.00. The standard InChI is InChI=1S/C12H28N6O/c1-9(13)19-12(15)18-6-4-17(5-7-18)11-2-3-16-8-10(11)14/h9-12,16H,2-8,13-15H2,1H3. The van der Waals surface area contributed by atoms with Crippen LogP contribution in [0.3, 0.4) is 0 Å². The van der Waals surface area contributed by atoms with E-state index in [2.05, 4.69) is 15.1 Å². The molecule has 2 heterocycles. The van der Waals surface area contributed by atoms with Crippen LogP contribution in [0.2, 0.25) is 0 Å². The van der Waals surface area contributed by atoms with Crippen molar-refractivity contribution in [3.63, 3.8) is 0 Å². The van der Waals surface area contributed by atoms with E-state index in [0.717, 1.165) is 45.7 Å². The van der Waals surface area contributed by atoms with E-state index in [1.165, 1.54) is 0 Å². The van der Waals surface area contributed by atoms with Crippen LogP contribution in [0.1, 0.15) is 13.3 Å². The molecule has 2 saturated heterocycles. The number of hydrogen-bond donors (Lipinski definition) is 4. The molecule has 7 N–H and O–H groups in total. The minimum Gasteiger partial charge on any atom is -0.332 e. The van der Waals surface area contributed by atoms with Crippen LogP contribution in [0.25, 0.3) is 0 Å². The van der Waals surface area contributed by atoms with Crippen molar-refractivity contribution in [2.45, 2.75) is 38.0 Å². The van der Waals surface area contributed by atoms with Crippen LogP contribution in [-0.4, -0.2) is 73.7 Å². The Balaban J connectivity index is 1.78. The van der Waals surface area contributed by atoms with Gasteiger partial charge in [-0.3, -0.25) is 15.5 Å². The number of rotatable bonds is 4. The lowest BCUT2D eigenvalue weighted by Gasteiger charge is -2.44. The SMILES string of the molecule is CC(N)OC(N)N1CCN(C2CCNCC2N)CC1. The summed E-state index contributed by atoms with van der Waals surface area (Å²) in [4.78, 5) is 4.62. The summed E-state index contributed by atoms with van der Waals surface area (Å²) in [5.41, 5.74) is 17.8. The first-order valence-electron chi connectivity index (χ1n) is 7.19. The van der Waals surface area contributed by atoms with Gasteiger partial charge in [-0.15, -0.1) is 0 Å². The minimum atomic E-state index is -0.399. The molecule has 4 unspecified atom stereocenters. The Morgan fingerprint density at radius 1 is 1.21 bits per heavy atom. The number of piperidine rings is 1. The second kappa shape index (κ2) is 6.94.